The molecule has 2 aromatic carbocycles. The third-order valence-electron chi connectivity index (χ3n) is 4.47. The summed E-state index contributed by atoms with van der Waals surface area (Å²) in [6, 6.07) is 16.3. The van der Waals surface area contributed by atoms with Crippen LogP contribution in [0.2, 0.25) is 5.02 Å². The van der Waals surface area contributed by atoms with Crippen molar-refractivity contribution in [3.8, 4) is 0 Å². The SMILES string of the molecule is CC(CCc1ccc(Br)cc1)(Cn1ccnc1)OCc1ccccc1Cl. The Bertz CT molecular complexity index is 820. The Kier molecular flexibility index (Phi) is 6.52. The summed E-state index contributed by atoms with van der Waals surface area (Å²) >= 11 is 9.77. The van der Waals surface area contributed by atoms with Crippen LogP contribution in [0.4, 0.5) is 0 Å². The zero-order valence-corrected chi connectivity index (χ0v) is 17.1. The van der Waals surface area contributed by atoms with Gasteiger partial charge in [0.1, 0.15) is 0 Å². The molecule has 3 aromatic rings. The van der Waals surface area contributed by atoms with Crippen LogP contribution in [0.1, 0.15) is 24.5 Å². The van der Waals surface area contributed by atoms with E-state index in [0.29, 0.717) is 6.61 Å². The Morgan fingerprint density at radius 3 is 2.62 bits per heavy atom. The van der Waals surface area contributed by atoms with Gasteiger partial charge in [-0.2, -0.15) is 0 Å². The second-order valence-electron chi connectivity index (χ2n) is 6.69. The van der Waals surface area contributed by atoms with E-state index in [2.05, 4.69) is 56.7 Å². The summed E-state index contributed by atoms with van der Waals surface area (Å²) in [6.45, 7) is 3.39. The van der Waals surface area contributed by atoms with E-state index in [-0.39, 0.29) is 5.60 Å². The smallest absolute Gasteiger partial charge is 0.0946 e. The van der Waals surface area contributed by atoms with Crippen molar-refractivity contribution >= 4 is 27.5 Å². The van der Waals surface area contributed by atoms with Crippen molar-refractivity contribution in [2.45, 2.75) is 38.5 Å². The van der Waals surface area contributed by atoms with Crippen molar-refractivity contribution in [1.82, 2.24) is 9.55 Å². The number of halogens is 2. The lowest BCUT2D eigenvalue weighted by molar-refractivity contribution is -0.0602. The molecule has 0 spiro atoms. The van der Waals surface area contributed by atoms with E-state index in [1.807, 2.05) is 36.8 Å². The number of aromatic nitrogens is 2. The highest BCUT2D eigenvalue weighted by Gasteiger charge is 2.26. The van der Waals surface area contributed by atoms with Crippen molar-refractivity contribution in [2.75, 3.05) is 0 Å². The minimum Gasteiger partial charge on any atom is -0.369 e. The molecule has 3 nitrogen and oxygen atoms in total. The summed E-state index contributed by atoms with van der Waals surface area (Å²) in [4.78, 5) is 4.15. The van der Waals surface area contributed by atoms with Crippen LogP contribution in [0.3, 0.4) is 0 Å². The molecular formula is C21H22BrClN2O. The molecule has 0 bridgehead atoms. The van der Waals surface area contributed by atoms with Crippen LogP contribution in [0.15, 0.2) is 71.7 Å². The first-order chi connectivity index (χ1) is 12.5. The third kappa shape index (κ3) is 5.44. The predicted molar refractivity (Wildman–Crippen MR) is 109 cm³/mol. The molecule has 26 heavy (non-hydrogen) atoms. The van der Waals surface area contributed by atoms with Crippen LogP contribution >= 0.6 is 27.5 Å². The largest absolute Gasteiger partial charge is 0.369 e. The minimum atomic E-state index is -0.326. The van der Waals surface area contributed by atoms with Crippen LogP contribution < -0.4 is 0 Å². The fourth-order valence-corrected chi connectivity index (χ4v) is 3.35. The van der Waals surface area contributed by atoms with Gasteiger partial charge in [0.2, 0.25) is 0 Å². The van der Waals surface area contributed by atoms with E-state index in [1.54, 1.807) is 6.20 Å². The molecule has 0 radical (unpaired) electrons. The molecular weight excluding hydrogens is 412 g/mol. The van der Waals surface area contributed by atoms with Gasteiger partial charge in [-0.15, -0.1) is 0 Å². The number of rotatable bonds is 8. The van der Waals surface area contributed by atoms with Crippen molar-refractivity contribution < 1.29 is 4.74 Å². The molecule has 0 aliphatic carbocycles. The lowest BCUT2D eigenvalue weighted by Crippen LogP contribution is -2.34. The number of nitrogens with zero attached hydrogens (tertiary/aromatic N) is 2. The fourth-order valence-electron chi connectivity index (χ4n) is 2.89. The molecule has 3 rings (SSSR count). The topological polar surface area (TPSA) is 27.1 Å². The molecule has 1 heterocycles. The Labute approximate surface area is 168 Å². The van der Waals surface area contributed by atoms with Crippen molar-refractivity contribution in [3.05, 3.63) is 87.9 Å². The van der Waals surface area contributed by atoms with Gasteiger partial charge in [0.15, 0.2) is 0 Å². The van der Waals surface area contributed by atoms with Gasteiger partial charge in [-0.3, -0.25) is 0 Å². The number of imidazole rings is 1. The molecule has 5 heteroatoms. The number of benzene rings is 2. The maximum absolute atomic E-state index is 6.37. The Morgan fingerprint density at radius 2 is 1.92 bits per heavy atom. The first-order valence-corrected chi connectivity index (χ1v) is 9.79. The van der Waals surface area contributed by atoms with E-state index in [1.165, 1.54) is 5.56 Å². The van der Waals surface area contributed by atoms with Gasteiger partial charge in [-0.1, -0.05) is 57.9 Å². The molecule has 1 aromatic heterocycles. The summed E-state index contributed by atoms with van der Waals surface area (Å²) < 4.78 is 9.53. The average Bonchev–Trinajstić information content (AvgIpc) is 3.13. The normalized spacial score (nSPS) is 13.5. The summed E-state index contributed by atoms with van der Waals surface area (Å²) in [5, 5.41) is 0.741. The fraction of sp³-hybridized carbons (Fsp3) is 0.286. The van der Waals surface area contributed by atoms with Crippen molar-refractivity contribution in [1.29, 1.82) is 0 Å². The molecule has 0 fully saturated rings. The highest BCUT2D eigenvalue weighted by atomic mass is 79.9. The molecule has 0 aliphatic rings. The number of ether oxygens (including phenoxy) is 1. The molecule has 0 N–H and O–H groups in total. The molecule has 0 aliphatic heterocycles. The maximum Gasteiger partial charge on any atom is 0.0946 e. The van der Waals surface area contributed by atoms with E-state index < -0.39 is 0 Å². The summed E-state index contributed by atoms with van der Waals surface area (Å²) in [6.07, 6.45) is 7.44. The van der Waals surface area contributed by atoms with Crippen LogP contribution in [0.5, 0.6) is 0 Å². The summed E-state index contributed by atoms with van der Waals surface area (Å²) in [5.74, 6) is 0. The molecule has 136 valence electrons. The van der Waals surface area contributed by atoms with Gasteiger partial charge < -0.3 is 9.30 Å². The van der Waals surface area contributed by atoms with Crippen LogP contribution in [-0.2, 0) is 24.3 Å². The second kappa shape index (κ2) is 8.85. The Hall–Kier alpha value is -1.62. The number of hydrogen-bond acceptors (Lipinski definition) is 2. The summed E-state index contributed by atoms with van der Waals surface area (Å²) in [5.41, 5.74) is 1.98. The van der Waals surface area contributed by atoms with Crippen LogP contribution in [0.25, 0.3) is 0 Å². The summed E-state index contributed by atoms with van der Waals surface area (Å²) in [7, 11) is 0. The first kappa shape index (κ1) is 19.2. The van der Waals surface area contributed by atoms with E-state index in [0.717, 1.165) is 34.4 Å². The van der Waals surface area contributed by atoms with Crippen LogP contribution in [-0.4, -0.2) is 15.2 Å². The minimum absolute atomic E-state index is 0.326. The average molecular weight is 434 g/mol. The van der Waals surface area contributed by atoms with Gasteiger partial charge in [0.25, 0.3) is 0 Å². The highest BCUT2D eigenvalue weighted by Crippen LogP contribution is 2.25. The van der Waals surface area contributed by atoms with Crippen molar-refractivity contribution in [3.63, 3.8) is 0 Å². The second-order valence-corrected chi connectivity index (χ2v) is 8.01. The predicted octanol–water partition coefficient (Wildman–Crippen LogP) is 5.91. The highest BCUT2D eigenvalue weighted by molar-refractivity contribution is 9.10. The third-order valence-corrected chi connectivity index (χ3v) is 5.36. The van der Waals surface area contributed by atoms with E-state index in [9.17, 15) is 0 Å². The molecule has 0 saturated carbocycles. The molecule has 0 saturated heterocycles. The monoisotopic (exact) mass is 432 g/mol. The quantitative estimate of drug-likeness (QED) is 0.442. The van der Waals surface area contributed by atoms with Crippen molar-refractivity contribution in [2.24, 2.45) is 0 Å². The van der Waals surface area contributed by atoms with Gasteiger partial charge in [-0.05, 0) is 49.1 Å². The number of hydrogen-bond donors (Lipinski definition) is 0. The lowest BCUT2D eigenvalue weighted by atomic mass is 9.96. The zero-order chi connectivity index (χ0) is 18.4. The number of aryl methyl sites for hydroxylation is 1. The Balaban J connectivity index is 1.70. The van der Waals surface area contributed by atoms with E-state index >= 15 is 0 Å². The van der Waals surface area contributed by atoms with E-state index in [4.69, 9.17) is 16.3 Å². The zero-order valence-electron chi connectivity index (χ0n) is 14.7. The molecule has 1 atom stereocenters. The lowest BCUT2D eigenvalue weighted by Gasteiger charge is -2.31. The van der Waals surface area contributed by atoms with Gasteiger partial charge in [-0.25, -0.2) is 4.98 Å². The molecule has 1 unspecified atom stereocenters. The van der Waals surface area contributed by atoms with Crippen LogP contribution in [0, 0.1) is 0 Å². The Morgan fingerprint density at radius 1 is 1.15 bits per heavy atom. The maximum atomic E-state index is 6.37. The standard InChI is InChI=1S/C21H22BrClN2O/c1-21(15-25-13-12-24-16-25,11-10-17-6-8-19(22)9-7-17)26-14-18-4-2-3-5-20(18)23/h2-9,12-13,16H,10-11,14-15H2,1H3. The molecule has 0 amide bonds. The van der Waals surface area contributed by atoms with Gasteiger partial charge in [0.05, 0.1) is 25.1 Å². The first-order valence-electron chi connectivity index (χ1n) is 8.62. The van der Waals surface area contributed by atoms with Gasteiger partial charge in [0, 0.05) is 21.9 Å². The van der Waals surface area contributed by atoms with Gasteiger partial charge >= 0.3 is 0 Å².